The maximum absolute atomic E-state index is 6.07. The van der Waals surface area contributed by atoms with Crippen molar-refractivity contribution in [3.63, 3.8) is 0 Å². The lowest BCUT2D eigenvalue weighted by Gasteiger charge is -2.45. The smallest absolute Gasteiger partial charge is 0.0426 e. The van der Waals surface area contributed by atoms with E-state index in [0.717, 1.165) is 5.02 Å². The lowest BCUT2D eigenvalue weighted by Crippen LogP contribution is -2.45. The van der Waals surface area contributed by atoms with Crippen LogP contribution in [0.3, 0.4) is 0 Å². The Labute approximate surface area is 114 Å². The zero-order valence-electron chi connectivity index (χ0n) is 10.8. The average molecular weight is 265 g/mol. The molecule has 98 valence electrons. The molecular formula is C15H21ClN2. The SMILES string of the molecule is Clc1cccc(N2CCC3(CCNCC3)CC2)c1. The Bertz CT molecular complexity index is 403. The van der Waals surface area contributed by atoms with Crippen LogP contribution >= 0.6 is 11.6 Å². The Morgan fingerprint density at radius 2 is 1.78 bits per heavy atom. The second-order valence-electron chi connectivity index (χ2n) is 5.72. The summed E-state index contributed by atoms with van der Waals surface area (Å²) in [5.74, 6) is 0. The first-order valence-electron chi connectivity index (χ1n) is 6.99. The lowest BCUT2D eigenvalue weighted by molar-refractivity contribution is 0.155. The van der Waals surface area contributed by atoms with Crippen LogP contribution in [0.15, 0.2) is 24.3 Å². The molecule has 18 heavy (non-hydrogen) atoms. The number of anilines is 1. The van der Waals surface area contributed by atoms with E-state index in [0.29, 0.717) is 5.41 Å². The van der Waals surface area contributed by atoms with Gasteiger partial charge in [-0.1, -0.05) is 17.7 Å². The molecule has 2 saturated heterocycles. The summed E-state index contributed by atoms with van der Waals surface area (Å²) in [5.41, 5.74) is 1.91. The summed E-state index contributed by atoms with van der Waals surface area (Å²) in [7, 11) is 0. The van der Waals surface area contributed by atoms with Gasteiger partial charge in [-0.05, 0) is 62.4 Å². The van der Waals surface area contributed by atoms with Gasteiger partial charge in [0, 0.05) is 23.8 Å². The molecule has 0 atom stereocenters. The Balaban J connectivity index is 1.66. The predicted octanol–water partition coefficient (Wildman–Crippen LogP) is 3.31. The normalized spacial score (nSPS) is 23.3. The molecule has 0 aliphatic carbocycles. The summed E-state index contributed by atoms with van der Waals surface area (Å²) < 4.78 is 0. The molecule has 3 rings (SSSR count). The van der Waals surface area contributed by atoms with Crippen molar-refractivity contribution in [1.29, 1.82) is 0 Å². The van der Waals surface area contributed by atoms with Crippen molar-refractivity contribution in [2.24, 2.45) is 5.41 Å². The Morgan fingerprint density at radius 1 is 1.06 bits per heavy atom. The van der Waals surface area contributed by atoms with Crippen molar-refractivity contribution >= 4 is 17.3 Å². The van der Waals surface area contributed by atoms with E-state index >= 15 is 0 Å². The summed E-state index contributed by atoms with van der Waals surface area (Å²) in [6, 6.07) is 8.25. The summed E-state index contributed by atoms with van der Waals surface area (Å²) >= 11 is 6.07. The van der Waals surface area contributed by atoms with Crippen molar-refractivity contribution < 1.29 is 0 Å². The van der Waals surface area contributed by atoms with Gasteiger partial charge in [0.05, 0.1) is 0 Å². The van der Waals surface area contributed by atoms with E-state index in [2.05, 4.69) is 22.3 Å². The van der Waals surface area contributed by atoms with E-state index in [1.807, 2.05) is 12.1 Å². The molecule has 3 heteroatoms. The highest BCUT2D eigenvalue weighted by atomic mass is 35.5. The van der Waals surface area contributed by atoms with Crippen molar-refractivity contribution in [3.05, 3.63) is 29.3 Å². The quantitative estimate of drug-likeness (QED) is 0.837. The van der Waals surface area contributed by atoms with E-state index in [9.17, 15) is 0 Å². The van der Waals surface area contributed by atoms with Gasteiger partial charge < -0.3 is 10.2 Å². The number of hydrogen-bond donors (Lipinski definition) is 1. The lowest BCUT2D eigenvalue weighted by atomic mass is 9.71. The molecule has 0 amide bonds. The minimum Gasteiger partial charge on any atom is -0.371 e. The standard InChI is InChI=1S/C15H21ClN2/c16-13-2-1-3-14(12-13)18-10-6-15(7-11-18)4-8-17-9-5-15/h1-3,12,17H,4-11H2. The molecule has 2 nitrogen and oxygen atoms in total. The fourth-order valence-corrected chi connectivity index (χ4v) is 3.55. The molecule has 0 unspecified atom stereocenters. The number of piperidine rings is 2. The molecule has 2 aliphatic rings. The van der Waals surface area contributed by atoms with Gasteiger partial charge in [0.2, 0.25) is 0 Å². The van der Waals surface area contributed by atoms with E-state index < -0.39 is 0 Å². The molecular weight excluding hydrogens is 244 g/mol. The highest BCUT2D eigenvalue weighted by Gasteiger charge is 2.35. The first kappa shape index (κ1) is 12.3. The number of nitrogens with zero attached hydrogens (tertiary/aromatic N) is 1. The van der Waals surface area contributed by atoms with Crippen LogP contribution in [0.4, 0.5) is 5.69 Å². The van der Waals surface area contributed by atoms with Crippen LogP contribution < -0.4 is 10.2 Å². The van der Waals surface area contributed by atoms with Crippen molar-refractivity contribution in [2.75, 3.05) is 31.1 Å². The van der Waals surface area contributed by atoms with Crippen LogP contribution in [-0.4, -0.2) is 26.2 Å². The Morgan fingerprint density at radius 3 is 2.44 bits per heavy atom. The van der Waals surface area contributed by atoms with Crippen LogP contribution in [-0.2, 0) is 0 Å². The Hall–Kier alpha value is -0.730. The number of benzene rings is 1. The monoisotopic (exact) mass is 264 g/mol. The minimum absolute atomic E-state index is 0.625. The zero-order chi connectivity index (χ0) is 12.4. The molecule has 2 fully saturated rings. The molecule has 1 aromatic rings. The third kappa shape index (κ3) is 2.50. The van der Waals surface area contributed by atoms with E-state index in [1.165, 1.54) is 57.5 Å². The second-order valence-corrected chi connectivity index (χ2v) is 6.15. The maximum atomic E-state index is 6.07. The zero-order valence-corrected chi connectivity index (χ0v) is 11.5. The first-order valence-corrected chi connectivity index (χ1v) is 7.37. The van der Waals surface area contributed by atoms with E-state index in [-0.39, 0.29) is 0 Å². The highest BCUT2D eigenvalue weighted by molar-refractivity contribution is 6.30. The van der Waals surface area contributed by atoms with Gasteiger partial charge in [0.25, 0.3) is 0 Å². The molecule has 0 bridgehead atoms. The fraction of sp³-hybridized carbons (Fsp3) is 0.600. The first-order chi connectivity index (χ1) is 8.77. The molecule has 0 radical (unpaired) electrons. The number of rotatable bonds is 1. The van der Waals surface area contributed by atoms with Crippen LogP contribution in [0.1, 0.15) is 25.7 Å². The van der Waals surface area contributed by atoms with Crippen LogP contribution in [0.2, 0.25) is 5.02 Å². The molecule has 0 saturated carbocycles. The van der Waals surface area contributed by atoms with Crippen LogP contribution in [0, 0.1) is 5.41 Å². The fourth-order valence-electron chi connectivity index (χ4n) is 3.37. The Kier molecular flexibility index (Phi) is 3.49. The van der Waals surface area contributed by atoms with Crippen molar-refractivity contribution in [1.82, 2.24) is 5.32 Å². The summed E-state index contributed by atoms with van der Waals surface area (Å²) in [6.07, 6.45) is 5.38. The topological polar surface area (TPSA) is 15.3 Å². The molecule has 1 N–H and O–H groups in total. The molecule has 2 aliphatic heterocycles. The number of hydrogen-bond acceptors (Lipinski definition) is 2. The van der Waals surface area contributed by atoms with Crippen molar-refractivity contribution in [2.45, 2.75) is 25.7 Å². The molecule has 1 spiro atoms. The molecule has 1 aromatic carbocycles. The summed E-state index contributed by atoms with van der Waals surface area (Å²) in [5, 5.41) is 4.32. The van der Waals surface area contributed by atoms with Crippen LogP contribution in [0.25, 0.3) is 0 Å². The summed E-state index contributed by atoms with van der Waals surface area (Å²) in [4.78, 5) is 2.49. The van der Waals surface area contributed by atoms with Gasteiger partial charge in [-0.2, -0.15) is 0 Å². The average Bonchev–Trinajstić information content (AvgIpc) is 2.40. The third-order valence-corrected chi connectivity index (χ3v) is 4.90. The number of nitrogens with one attached hydrogen (secondary N) is 1. The molecule has 0 aromatic heterocycles. The van der Waals surface area contributed by atoms with Gasteiger partial charge in [0.1, 0.15) is 0 Å². The van der Waals surface area contributed by atoms with Gasteiger partial charge in [-0.3, -0.25) is 0 Å². The third-order valence-electron chi connectivity index (χ3n) is 4.66. The van der Waals surface area contributed by atoms with Gasteiger partial charge in [-0.15, -0.1) is 0 Å². The van der Waals surface area contributed by atoms with E-state index in [1.54, 1.807) is 0 Å². The minimum atomic E-state index is 0.625. The van der Waals surface area contributed by atoms with Crippen molar-refractivity contribution in [3.8, 4) is 0 Å². The van der Waals surface area contributed by atoms with Gasteiger partial charge >= 0.3 is 0 Å². The summed E-state index contributed by atoms with van der Waals surface area (Å²) in [6.45, 7) is 4.77. The van der Waals surface area contributed by atoms with Gasteiger partial charge in [0.15, 0.2) is 0 Å². The van der Waals surface area contributed by atoms with Crippen LogP contribution in [0.5, 0.6) is 0 Å². The highest BCUT2D eigenvalue weighted by Crippen LogP contribution is 2.40. The maximum Gasteiger partial charge on any atom is 0.0426 e. The van der Waals surface area contributed by atoms with E-state index in [4.69, 9.17) is 11.6 Å². The molecule has 2 heterocycles. The largest absolute Gasteiger partial charge is 0.371 e. The second kappa shape index (κ2) is 5.10. The predicted molar refractivity (Wildman–Crippen MR) is 77.4 cm³/mol. The number of halogens is 1. The van der Waals surface area contributed by atoms with Gasteiger partial charge in [-0.25, -0.2) is 0 Å².